The average Bonchev–Trinajstić information content (AvgIpc) is 2.72. The SMILES string of the molecule is CN(C)S(=O)(=O)c1ccc(N2CCCCCC2CO)cc1. The van der Waals surface area contributed by atoms with E-state index >= 15 is 0 Å². The summed E-state index contributed by atoms with van der Waals surface area (Å²) in [5.41, 5.74) is 0.980. The standard InChI is InChI=1S/C15H24N2O3S/c1-16(2)21(19,20)15-9-7-13(8-10-15)17-11-5-3-4-6-14(17)12-18/h7-10,14,18H,3-6,11-12H2,1-2H3. The molecule has 0 saturated carbocycles. The Morgan fingerprint density at radius 3 is 2.43 bits per heavy atom. The van der Waals surface area contributed by atoms with E-state index < -0.39 is 10.0 Å². The van der Waals surface area contributed by atoms with Crippen molar-refractivity contribution in [3.05, 3.63) is 24.3 Å². The van der Waals surface area contributed by atoms with Gasteiger partial charge in [-0.2, -0.15) is 0 Å². The Kier molecular flexibility index (Phi) is 5.24. The van der Waals surface area contributed by atoms with E-state index in [1.807, 2.05) is 12.1 Å². The molecule has 0 aliphatic carbocycles. The number of hydrogen-bond donors (Lipinski definition) is 1. The number of aliphatic hydroxyl groups excluding tert-OH is 1. The Labute approximate surface area is 127 Å². The summed E-state index contributed by atoms with van der Waals surface area (Å²) >= 11 is 0. The maximum absolute atomic E-state index is 12.1. The lowest BCUT2D eigenvalue weighted by Crippen LogP contribution is -2.37. The Hall–Kier alpha value is -1.11. The van der Waals surface area contributed by atoms with E-state index in [1.165, 1.54) is 24.8 Å². The number of rotatable bonds is 4. The van der Waals surface area contributed by atoms with Gasteiger partial charge in [0.05, 0.1) is 17.5 Å². The van der Waals surface area contributed by atoms with Crippen molar-refractivity contribution in [1.29, 1.82) is 0 Å². The Balaban J connectivity index is 2.25. The van der Waals surface area contributed by atoms with Gasteiger partial charge in [0.25, 0.3) is 0 Å². The summed E-state index contributed by atoms with van der Waals surface area (Å²) in [4.78, 5) is 2.49. The van der Waals surface area contributed by atoms with Crippen molar-refractivity contribution in [1.82, 2.24) is 4.31 Å². The molecule has 0 radical (unpaired) electrons. The molecular formula is C15H24N2O3S. The summed E-state index contributed by atoms with van der Waals surface area (Å²) in [5.74, 6) is 0. The fourth-order valence-electron chi connectivity index (χ4n) is 2.73. The molecule has 21 heavy (non-hydrogen) atoms. The first-order valence-electron chi connectivity index (χ1n) is 7.37. The van der Waals surface area contributed by atoms with Crippen molar-refractivity contribution in [3.8, 4) is 0 Å². The maximum Gasteiger partial charge on any atom is 0.242 e. The van der Waals surface area contributed by atoms with Crippen molar-refractivity contribution in [2.24, 2.45) is 0 Å². The van der Waals surface area contributed by atoms with E-state index in [1.54, 1.807) is 12.1 Å². The van der Waals surface area contributed by atoms with Crippen LogP contribution >= 0.6 is 0 Å². The minimum Gasteiger partial charge on any atom is -0.394 e. The third kappa shape index (κ3) is 3.56. The van der Waals surface area contributed by atoms with Gasteiger partial charge < -0.3 is 10.0 Å². The molecule has 0 spiro atoms. The van der Waals surface area contributed by atoms with Gasteiger partial charge in [0.15, 0.2) is 0 Å². The first-order valence-corrected chi connectivity index (χ1v) is 8.81. The van der Waals surface area contributed by atoms with Crippen molar-refractivity contribution in [2.45, 2.75) is 36.6 Å². The smallest absolute Gasteiger partial charge is 0.242 e. The molecule has 2 rings (SSSR count). The highest BCUT2D eigenvalue weighted by atomic mass is 32.2. The molecule has 1 atom stereocenters. The predicted octanol–water partition coefficient (Wildman–Crippen LogP) is 1.68. The van der Waals surface area contributed by atoms with Crippen LogP contribution < -0.4 is 4.90 Å². The van der Waals surface area contributed by atoms with Crippen LogP contribution in [0.25, 0.3) is 0 Å². The van der Waals surface area contributed by atoms with Crippen LogP contribution in [0.15, 0.2) is 29.2 Å². The van der Waals surface area contributed by atoms with Gasteiger partial charge in [-0.05, 0) is 37.1 Å². The third-order valence-corrected chi connectivity index (χ3v) is 5.86. The molecule has 1 fully saturated rings. The largest absolute Gasteiger partial charge is 0.394 e. The van der Waals surface area contributed by atoms with E-state index in [2.05, 4.69) is 4.90 Å². The highest BCUT2D eigenvalue weighted by Gasteiger charge is 2.22. The lowest BCUT2D eigenvalue weighted by molar-refractivity contribution is 0.255. The van der Waals surface area contributed by atoms with Crippen LogP contribution in [-0.2, 0) is 10.0 Å². The van der Waals surface area contributed by atoms with Gasteiger partial charge in [-0.25, -0.2) is 12.7 Å². The molecule has 0 amide bonds. The molecule has 1 saturated heterocycles. The number of nitrogens with zero attached hydrogens (tertiary/aromatic N) is 2. The van der Waals surface area contributed by atoms with Gasteiger partial charge in [0.2, 0.25) is 10.0 Å². The highest BCUT2D eigenvalue weighted by molar-refractivity contribution is 7.89. The van der Waals surface area contributed by atoms with Gasteiger partial charge in [-0.15, -0.1) is 0 Å². The summed E-state index contributed by atoms with van der Waals surface area (Å²) in [7, 11) is -0.330. The van der Waals surface area contributed by atoms with Gasteiger partial charge >= 0.3 is 0 Å². The second kappa shape index (κ2) is 6.77. The zero-order chi connectivity index (χ0) is 15.5. The Bertz CT molecular complexity index is 555. The Morgan fingerprint density at radius 2 is 1.86 bits per heavy atom. The lowest BCUT2D eigenvalue weighted by atomic mass is 10.1. The van der Waals surface area contributed by atoms with E-state index in [4.69, 9.17) is 0 Å². The lowest BCUT2D eigenvalue weighted by Gasteiger charge is -2.31. The zero-order valence-corrected chi connectivity index (χ0v) is 13.5. The van der Waals surface area contributed by atoms with Crippen LogP contribution in [0.2, 0.25) is 0 Å². The van der Waals surface area contributed by atoms with Crippen molar-refractivity contribution in [3.63, 3.8) is 0 Å². The number of anilines is 1. The van der Waals surface area contributed by atoms with E-state index in [0.717, 1.165) is 31.5 Å². The van der Waals surface area contributed by atoms with Gasteiger partial charge in [-0.3, -0.25) is 0 Å². The monoisotopic (exact) mass is 312 g/mol. The molecule has 6 heteroatoms. The topological polar surface area (TPSA) is 60.9 Å². The Morgan fingerprint density at radius 1 is 1.19 bits per heavy atom. The van der Waals surface area contributed by atoms with Gasteiger partial charge in [0.1, 0.15) is 0 Å². The number of sulfonamides is 1. The molecule has 1 unspecified atom stereocenters. The summed E-state index contributed by atoms with van der Waals surface area (Å²) in [6.07, 6.45) is 4.40. The molecule has 1 aliphatic heterocycles. The molecule has 0 bridgehead atoms. The molecule has 1 N–H and O–H groups in total. The van der Waals surface area contributed by atoms with Crippen molar-refractivity contribution in [2.75, 3.05) is 32.1 Å². The zero-order valence-electron chi connectivity index (χ0n) is 12.7. The number of hydrogen-bond acceptors (Lipinski definition) is 4. The quantitative estimate of drug-likeness (QED) is 0.919. The first-order chi connectivity index (χ1) is 9.96. The van der Waals surface area contributed by atoms with Gasteiger partial charge in [0, 0.05) is 26.3 Å². The fraction of sp³-hybridized carbons (Fsp3) is 0.600. The highest BCUT2D eigenvalue weighted by Crippen LogP contribution is 2.25. The summed E-state index contributed by atoms with van der Waals surface area (Å²) in [6, 6.07) is 7.09. The fourth-order valence-corrected chi connectivity index (χ4v) is 3.63. The minimum absolute atomic E-state index is 0.129. The van der Waals surface area contributed by atoms with Crippen LogP contribution in [-0.4, -0.2) is 51.1 Å². The normalized spacial score (nSPS) is 20.6. The molecule has 0 aromatic heterocycles. The maximum atomic E-state index is 12.1. The third-order valence-electron chi connectivity index (χ3n) is 4.03. The summed E-state index contributed by atoms with van der Waals surface area (Å²) in [5, 5.41) is 9.56. The molecule has 1 aliphatic rings. The summed E-state index contributed by atoms with van der Waals surface area (Å²) < 4.78 is 25.3. The molecular weight excluding hydrogens is 288 g/mol. The minimum atomic E-state index is -3.39. The predicted molar refractivity (Wildman–Crippen MR) is 84.0 cm³/mol. The van der Waals surface area contributed by atoms with Crippen LogP contribution in [0.1, 0.15) is 25.7 Å². The van der Waals surface area contributed by atoms with E-state index in [-0.39, 0.29) is 12.6 Å². The van der Waals surface area contributed by atoms with Crippen molar-refractivity contribution >= 4 is 15.7 Å². The molecule has 5 nitrogen and oxygen atoms in total. The number of aliphatic hydroxyl groups is 1. The van der Waals surface area contributed by atoms with Crippen LogP contribution in [0.5, 0.6) is 0 Å². The second-order valence-electron chi connectivity index (χ2n) is 5.66. The van der Waals surface area contributed by atoms with Crippen LogP contribution in [0.3, 0.4) is 0 Å². The molecule has 1 aromatic carbocycles. The molecule has 118 valence electrons. The first kappa shape index (κ1) is 16.3. The van der Waals surface area contributed by atoms with E-state index in [9.17, 15) is 13.5 Å². The number of benzene rings is 1. The second-order valence-corrected chi connectivity index (χ2v) is 7.81. The average molecular weight is 312 g/mol. The molecule has 1 heterocycles. The molecule has 1 aromatic rings. The summed E-state index contributed by atoms with van der Waals surface area (Å²) in [6.45, 7) is 1.04. The van der Waals surface area contributed by atoms with Gasteiger partial charge in [-0.1, -0.05) is 12.8 Å². The van der Waals surface area contributed by atoms with E-state index in [0.29, 0.717) is 4.90 Å². The van der Waals surface area contributed by atoms with Crippen molar-refractivity contribution < 1.29 is 13.5 Å². The van der Waals surface area contributed by atoms with Crippen LogP contribution in [0, 0.1) is 0 Å². The van der Waals surface area contributed by atoms with Crippen LogP contribution in [0.4, 0.5) is 5.69 Å².